The average Bonchev–Trinajstić information content (AvgIpc) is 3.05. The molecule has 1 aromatic heterocycles. The Bertz CT molecular complexity index is 455. The number of aromatic carboxylic acids is 1. The Balaban J connectivity index is 1.99. The number of carboxylic acids is 1. The lowest BCUT2D eigenvalue weighted by Gasteiger charge is -2.20. The van der Waals surface area contributed by atoms with Crippen molar-refractivity contribution in [2.45, 2.75) is 32.6 Å². The zero-order chi connectivity index (χ0) is 14.5. The number of hydrogen-bond acceptors (Lipinski definition) is 5. The van der Waals surface area contributed by atoms with Gasteiger partial charge in [0.05, 0.1) is 5.69 Å². The molecule has 0 aliphatic carbocycles. The summed E-state index contributed by atoms with van der Waals surface area (Å²) in [5.41, 5.74) is 0.730. The summed E-state index contributed by atoms with van der Waals surface area (Å²) < 4.78 is 0. The van der Waals surface area contributed by atoms with Crippen molar-refractivity contribution in [2.75, 3.05) is 38.1 Å². The van der Waals surface area contributed by atoms with Crippen LogP contribution in [0.25, 0.3) is 0 Å². The maximum absolute atomic E-state index is 11.2. The number of likely N-dealkylation sites (tertiary alicyclic amines) is 1. The van der Waals surface area contributed by atoms with Gasteiger partial charge in [-0.2, -0.15) is 0 Å². The fraction of sp³-hybridized carbons (Fsp3) is 0.714. The van der Waals surface area contributed by atoms with Gasteiger partial charge in [-0.1, -0.05) is 24.7 Å². The van der Waals surface area contributed by atoms with Crippen molar-refractivity contribution >= 4 is 22.4 Å². The van der Waals surface area contributed by atoms with Gasteiger partial charge in [-0.15, -0.1) is 0 Å². The van der Waals surface area contributed by atoms with Gasteiger partial charge in [0.2, 0.25) is 0 Å². The van der Waals surface area contributed by atoms with Crippen molar-refractivity contribution in [2.24, 2.45) is 0 Å². The first-order valence-electron chi connectivity index (χ1n) is 7.28. The maximum Gasteiger partial charge on any atom is 0.347 e. The van der Waals surface area contributed by atoms with E-state index in [1.165, 1.54) is 37.3 Å². The van der Waals surface area contributed by atoms with E-state index in [1.807, 2.05) is 14.0 Å². The third-order valence-corrected chi connectivity index (χ3v) is 4.84. The number of rotatable bonds is 7. The third kappa shape index (κ3) is 3.70. The minimum Gasteiger partial charge on any atom is -0.477 e. The summed E-state index contributed by atoms with van der Waals surface area (Å²) >= 11 is 1.29. The minimum atomic E-state index is -0.856. The van der Waals surface area contributed by atoms with Crippen LogP contribution in [0, 0.1) is 0 Å². The van der Waals surface area contributed by atoms with Crippen LogP contribution in [-0.4, -0.2) is 54.2 Å². The molecule has 1 saturated heterocycles. The highest BCUT2D eigenvalue weighted by atomic mass is 32.1. The van der Waals surface area contributed by atoms with Crippen molar-refractivity contribution < 1.29 is 9.90 Å². The summed E-state index contributed by atoms with van der Waals surface area (Å²) in [5.74, 6) is -0.856. The lowest BCUT2D eigenvalue weighted by atomic mass is 10.2. The summed E-state index contributed by atoms with van der Waals surface area (Å²) in [6, 6.07) is 0. The smallest absolute Gasteiger partial charge is 0.347 e. The SMILES string of the molecule is CCCc1nc(N(C)CCN2CCCC2)sc1C(=O)O. The molecule has 20 heavy (non-hydrogen) atoms. The number of carbonyl (C=O) groups is 1. The molecule has 0 spiro atoms. The normalized spacial score (nSPS) is 15.7. The predicted octanol–water partition coefficient (Wildman–Crippen LogP) is 2.33. The van der Waals surface area contributed by atoms with E-state index < -0.39 is 5.97 Å². The Morgan fingerprint density at radius 3 is 2.75 bits per heavy atom. The van der Waals surface area contributed by atoms with Crippen LogP contribution in [0.2, 0.25) is 0 Å². The van der Waals surface area contributed by atoms with Crippen molar-refractivity contribution in [3.8, 4) is 0 Å². The highest BCUT2D eigenvalue weighted by Crippen LogP contribution is 2.26. The molecule has 1 aromatic rings. The number of nitrogens with zero attached hydrogens (tertiary/aromatic N) is 3. The molecular weight excluding hydrogens is 274 g/mol. The number of likely N-dealkylation sites (N-methyl/N-ethyl adjacent to an activating group) is 1. The van der Waals surface area contributed by atoms with E-state index in [0.717, 1.165) is 36.8 Å². The van der Waals surface area contributed by atoms with Gasteiger partial charge in [0.15, 0.2) is 5.13 Å². The lowest BCUT2D eigenvalue weighted by Crippen LogP contribution is -2.31. The highest BCUT2D eigenvalue weighted by Gasteiger charge is 2.19. The first kappa shape index (κ1) is 15.3. The average molecular weight is 297 g/mol. The summed E-state index contributed by atoms with van der Waals surface area (Å²) in [6.45, 7) is 6.35. The van der Waals surface area contributed by atoms with Crippen molar-refractivity contribution in [1.29, 1.82) is 0 Å². The molecule has 0 bridgehead atoms. The zero-order valence-corrected chi connectivity index (χ0v) is 13.1. The number of hydrogen-bond donors (Lipinski definition) is 1. The lowest BCUT2D eigenvalue weighted by molar-refractivity contribution is 0.0700. The molecule has 0 amide bonds. The maximum atomic E-state index is 11.2. The topological polar surface area (TPSA) is 56.7 Å². The van der Waals surface area contributed by atoms with Gasteiger partial charge in [0, 0.05) is 20.1 Å². The molecule has 6 heteroatoms. The fourth-order valence-corrected chi connectivity index (χ4v) is 3.41. The standard InChI is InChI=1S/C14H23N3O2S/c1-3-6-11-12(13(18)19)20-14(15-11)16(2)9-10-17-7-4-5-8-17/h3-10H2,1-2H3,(H,18,19). The third-order valence-electron chi connectivity index (χ3n) is 3.64. The van der Waals surface area contributed by atoms with E-state index in [9.17, 15) is 9.90 Å². The van der Waals surface area contributed by atoms with E-state index in [1.54, 1.807) is 0 Å². The van der Waals surface area contributed by atoms with E-state index >= 15 is 0 Å². The van der Waals surface area contributed by atoms with Gasteiger partial charge < -0.3 is 14.9 Å². The first-order chi connectivity index (χ1) is 9.61. The van der Waals surface area contributed by atoms with Gasteiger partial charge in [0.1, 0.15) is 4.88 Å². The molecule has 112 valence electrons. The van der Waals surface area contributed by atoms with E-state index in [0.29, 0.717) is 4.88 Å². The molecule has 2 heterocycles. The second-order valence-corrected chi connectivity index (χ2v) is 6.28. The van der Waals surface area contributed by atoms with Gasteiger partial charge >= 0.3 is 5.97 Å². The molecule has 1 fully saturated rings. The molecule has 0 aromatic carbocycles. The zero-order valence-electron chi connectivity index (χ0n) is 12.3. The molecule has 1 N–H and O–H groups in total. The van der Waals surface area contributed by atoms with Crippen LogP contribution in [0.4, 0.5) is 5.13 Å². The van der Waals surface area contributed by atoms with Crippen LogP contribution < -0.4 is 4.90 Å². The van der Waals surface area contributed by atoms with Crippen molar-refractivity contribution in [3.63, 3.8) is 0 Å². The highest BCUT2D eigenvalue weighted by molar-refractivity contribution is 7.17. The van der Waals surface area contributed by atoms with Crippen LogP contribution in [-0.2, 0) is 6.42 Å². The van der Waals surface area contributed by atoms with Gasteiger partial charge in [-0.05, 0) is 32.4 Å². The van der Waals surface area contributed by atoms with E-state index in [4.69, 9.17) is 0 Å². The van der Waals surface area contributed by atoms with Crippen molar-refractivity contribution in [3.05, 3.63) is 10.6 Å². The van der Waals surface area contributed by atoms with E-state index in [2.05, 4.69) is 14.8 Å². The van der Waals surface area contributed by atoms with Crippen LogP contribution in [0.15, 0.2) is 0 Å². The predicted molar refractivity (Wildman–Crippen MR) is 82.0 cm³/mol. The largest absolute Gasteiger partial charge is 0.477 e. The Morgan fingerprint density at radius 1 is 1.45 bits per heavy atom. The van der Waals surface area contributed by atoms with Gasteiger partial charge in [-0.25, -0.2) is 9.78 Å². The number of aryl methyl sites for hydroxylation is 1. The number of anilines is 1. The molecule has 0 unspecified atom stereocenters. The summed E-state index contributed by atoms with van der Waals surface area (Å²) in [7, 11) is 2.00. The Hall–Kier alpha value is -1.14. The van der Waals surface area contributed by atoms with Gasteiger partial charge in [0.25, 0.3) is 0 Å². The molecule has 1 aliphatic rings. The second-order valence-electron chi connectivity index (χ2n) is 5.30. The number of aromatic nitrogens is 1. The summed E-state index contributed by atoms with van der Waals surface area (Å²) in [4.78, 5) is 20.7. The molecule has 5 nitrogen and oxygen atoms in total. The Kier molecular flexibility index (Phi) is 5.37. The monoisotopic (exact) mass is 297 g/mol. The Labute approximate surface area is 124 Å². The Morgan fingerprint density at radius 2 is 2.15 bits per heavy atom. The second kappa shape index (κ2) is 7.04. The van der Waals surface area contributed by atoms with Crippen LogP contribution in [0.1, 0.15) is 41.6 Å². The summed E-state index contributed by atoms with van der Waals surface area (Å²) in [6.07, 6.45) is 4.24. The molecule has 1 aliphatic heterocycles. The molecule has 0 atom stereocenters. The molecule has 0 radical (unpaired) electrons. The first-order valence-corrected chi connectivity index (χ1v) is 8.10. The molecule has 2 rings (SSSR count). The minimum absolute atomic E-state index is 0.398. The molecular formula is C14H23N3O2S. The van der Waals surface area contributed by atoms with Crippen molar-refractivity contribution in [1.82, 2.24) is 9.88 Å². The van der Waals surface area contributed by atoms with Gasteiger partial charge in [-0.3, -0.25) is 0 Å². The molecule has 0 saturated carbocycles. The number of carboxylic acid groups (broad SMARTS) is 1. The fourth-order valence-electron chi connectivity index (χ4n) is 2.47. The summed E-state index contributed by atoms with van der Waals surface area (Å²) in [5, 5.41) is 10.1. The van der Waals surface area contributed by atoms with Crippen LogP contribution >= 0.6 is 11.3 Å². The quantitative estimate of drug-likeness (QED) is 0.837. The van der Waals surface area contributed by atoms with Crippen LogP contribution in [0.3, 0.4) is 0 Å². The van der Waals surface area contributed by atoms with Crippen LogP contribution in [0.5, 0.6) is 0 Å². The number of thiazole rings is 1. The van der Waals surface area contributed by atoms with E-state index in [-0.39, 0.29) is 0 Å².